The van der Waals surface area contributed by atoms with Crippen molar-refractivity contribution in [2.75, 3.05) is 6.61 Å². The standard InChI is InChI=1S/C20H26N2O11/c1-10(23)21-17-19(31-13(4)26)18(30-12(3)25)16(9-29-11(2)24)33-20(17)32-15-7-5-6-14(8-15)22(27)28/h5-8,16-20,22,27H,9H2,1-4H3,(H,21,23)/t16-,17-,18-,19-,20-/m1/s1. The van der Waals surface area contributed by atoms with Gasteiger partial charge in [0.1, 0.15) is 24.5 Å². The number of esters is 3. The van der Waals surface area contributed by atoms with Gasteiger partial charge in [-0.25, -0.2) is 5.21 Å². The van der Waals surface area contributed by atoms with Crippen molar-refractivity contribution in [2.45, 2.75) is 58.3 Å². The monoisotopic (exact) mass is 470 g/mol. The number of quaternary nitrogens is 1. The van der Waals surface area contributed by atoms with E-state index in [1.165, 1.54) is 38.1 Å². The van der Waals surface area contributed by atoms with E-state index in [1.807, 2.05) is 0 Å². The lowest BCUT2D eigenvalue weighted by Gasteiger charge is -2.44. The fourth-order valence-corrected chi connectivity index (χ4v) is 3.23. The Hall–Kier alpha value is -3.26. The van der Waals surface area contributed by atoms with E-state index in [4.69, 9.17) is 23.7 Å². The number of nitrogens with one attached hydrogen (secondary N) is 2. The minimum atomic E-state index is -1.34. The molecule has 1 heterocycles. The van der Waals surface area contributed by atoms with Crippen LogP contribution in [0, 0.1) is 5.21 Å². The number of benzene rings is 1. The number of hydrogen-bond acceptors (Lipinski definition) is 11. The molecule has 1 saturated heterocycles. The molecule has 0 radical (unpaired) electrons. The van der Waals surface area contributed by atoms with Crippen LogP contribution >= 0.6 is 0 Å². The molecule has 0 aromatic heterocycles. The van der Waals surface area contributed by atoms with Crippen LogP contribution in [0.1, 0.15) is 27.7 Å². The highest BCUT2D eigenvalue weighted by atomic mass is 16.8. The molecule has 182 valence electrons. The zero-order valence-corrected chi connectivity index (χ0v) is 18.4. The Morgan fingerprint density at radius 2 is 1.70 bits per heavy atom. The number of hydrogen-bond donors (Lipinski definition) is 3. The summed E-state index contributed by atoms with van der Waals surface area (Å²) < 4.78 is 27.3. The van der Waals surface area contributed by atoms with Gasteiger partial charge in [0.2, 0.25) is 12.2 Å². The summed E-state index contributed by atoms with van der Waals surface area (Å²) in [5.74, 6) is -2.57. The van der Waals surface area contributed by atoms with Crippen molar-refractivity contribution in [3.05, 3.63) is 29.5 Å². The van der Waals surface area contributed by atoms with Gasteiger partial charge in [-0.1, -0.05) is 6.07 Å². The summed E-state index contributed by atoms with van der Waals surface area (Å²) in [4.78, 5) is 46.8. The second-order valence-corrected chi connectivity index (χ2v) is 7.17. The van der Waals surface area contributed by atoms with E-state index in [2.05, 4.69) is 5.32 Å². The maximum atomic E-state index is 11.9. The van der Waals surface area contributed by atoms with Crippen LogP contribution in [0.2, 0.25) is 0 Å². The van der Waals surface area contributed by atoms with Crippen LogP contribution < -0.4 is 15.3 Å². The van der Waals surface area contributed by atoms with Gasteiger partial charge in [0.25, 0.3) is 0 Å². The Kier molecular flexibility index (Phi) is 9.11. The number of rotatable bonds is 8. The molecule has 2 rings (SSSR count). The lowest BCUT2D eigenvalue weighted by Crippen LogP contribution is -2.99. The minimum absolute atomic E-state index is 0.0647. The van der Waals surface area contributed by atoms with Crippen LogP contribution in [0.3, 0.4) is 0 Å². The molecule has 6 atom stereocenters. The van der Waals surface area contributed by atoms with Crippen molar-refractivity contribution < 1.29 is 53.3 Å². The largest absolute Gasteiger partial charge is 0.595 e. The second-order valence-electron chi connectivity index (χ2n) is 7.17. The van der Waals surface area contributed by atoms with Crippen molar-refractivity contribution in [1.29, 1.82) is 0 Å². The Morgan fingerprint density at radius 3 is 2.24 bits per heavy atom. The van der Waals surface area contributed by atoms with Gasteiger partial charge in [-0.2, -0.15) is 5.23 Å². The minimum Gasteiger partial charge on any atom is -0.595 e. The molecule has 33 heavy (non-hydrogen) atoms. The predicted octanol–water partition coefficient (Wildman–Crippen LogP) is -0.875. The highest BCUT2D eigenvalue weighted by Crippen LogP contribution is 2.29. The van der Waals surface area contributed by atoms with E-state index >= 15 is 0 Å². The highest BCUT2D eigenvalue weighted by Gasteiger charge is 2.52. The van der Waals surface area contributed by atoms with Crippen LogP contribution in [-0.2, 0) is 38.1 Å². The topological polar surface area (TPSA) is 174 Å². The van der Waals surface area contributed by atoms with E-state index < -0.39 is 59.7 Å². The van der Waals surface area contributed by atoms with Crippen molar-refractivity contribution in [3.8, 4) is 5.75 Å². The maximum absolute atomic E-state index is 11.9. The molecule has 1 unspecified atom stereocenters. The quantitative estimate of drug-likeness (QED) is 0.245. The van der Waals surface area contributed by atoms with E-state index in [1.54, 1.807) is 0 Å². The second kappa shape index (κ2) is 11.6. The number of ether oxygens (including phenoxy) is 5. The maximum Gasteiger partial charge on any atom is 0.303 e. The molecule has 1 amide bonds. The molecular formula is C20H26N2O11. The average Bonchev–Trinajstić information content (AvgIpc) is 2.70. The average molecular weight is 470 g/mol. The van der Waals surface area contributed by atoms with Crippen LogP contribution in [0.15, 0.2) is 24.3 Å². The first-order valence-corrected chi connectivity index (χ1v) is 9.88. The van der Waals surface area contributed by atoms with Gasteiger partial charge in [0, 0.05) is 39.8 Å². The van der Waals surface area contributed by atoms with Crippen molar-refractivity contribution >= 4 is 29.5 Å². The van der Waals surface area contributed by atoms with E-state index in [9.17, 15) is 29.6 Å². The summed E-state index contributed by atoms with van der Waals surface area (Å²) in [6.07, 6.45) is -5.01. The van der Waals surface area contributed by atoms with Crippen molar-refractivity contribution in [3.63, 3.8) is 0 Å². The first-order chi connectivity index (χ1) is 15.5. The zero-order chi connectivity index (χ0) is 24.7. The Bertz CT molecular complexity index is 875. The van der Waals surface area contributed by atoms with Gasteiger partial charge in [-0.3, -0.25) is 19.2 Å². The number of carbonyl (C=O) groups is 4. The van der Waals surface area contributed by atoms with Crippen LogP contribution in [0.25, 0.3) is 0 Å². The molecule has 1 fully saturated rings. The molecular weight excluding hydrogens is 444 g/mol. The summed E-state index contributed by atoms with van der Waals surface area (Å²) in [5, 5.41) is 21.8. The van der Waals surface area contributed by atoms with E-state index in [0.29, 0.717) is 0 Å². The molecule has 13 heteroatoms. The molecule has 3 N–H and O–H groups in total. The van der Waals surface area contributed by atoms with Crippen LogP contribution in [-0.4, -0.2) is 66.3 Å². The van der Waals surface area contributed by atoms with Gasteiger partial charge >= 0.3 is 17.9 Å². The summed E-state index contributed by atoms with van der Waals surface area (Å²) >= 11 is 0. The Morgan fingerprint density at radius 1 is 1.06 bits per heavy atom. The third-order valence-electron chi connectivity index (χ3n) is 4.40. The summed E-state index contributed by atoms with van der Waals surface area (Å²) in [6.45, 7) is 4.24. The first kappa shape index (κ1) is 26.0. The van der Waals surface area contributed by atoms with Gasteiger partial charge in [-0.15, -0.1) is 0 Å². The molecule has 1 aliphatic rings. The lowest BCUT2D eigenvalue weighted by molar-refractivity contribution is -0.991. The first-order valence-electron chi connectivity index (χ1n) is 9.88. The van der Waals surface area contributed by atoms with Crippen LogP contribution in [0.4, 0.5) is 5.69 Å². The lowest BCUT2D eigenvalue weighted by atomic mass is 9.96. The SMILES string of the molecule is CC(=O)N[C@H]1[C@H](Oc2cccc([NH+]([O-])O)c2)O[C@H](COC(C)=O)[C@@H](OC(C)=O)[C@@H]1OC(C)=O. The molecule has 1 aromatic rings. The van der Waals surface area contributed by atoms with Gasteiger partial charge in [-0.05, 0) is 6.07 Å². The fourth-order valence-electron chi connectivity index (χ4n) is 3.23. The number of carbonyl (C=O) groups excluding carboxylic acids is 4. The molecule has 1 aliphatic heterocycles. The molecule has 13 nitrogen and oxygen atoms in total. The third-order valence-corrected chi connectivity index (χ3v) is 4.40. The molecule has 0 bridgehead atoms. The van der Waals surface area contributed by atoms with Crippen molar-refractivity contribution in [1.82, 2.24) is 5.32 Å². The summed E-state index contributed by atoms with van der Waals surface area (Å²) in [7, 11) is 0. The highest BCUT2D eigenvalue weighted by molar-refractivity contribution is 5.73. The van der Waals surface area contributed by atoms with Gasteiger partial charge < -0.3 is 34.2 Å². The van der Waals surface area contributed by atoms with Gasteiger partial charge in [0.15, 0.2) is 17.9 Å². The van der Waals surface area contributed by atoms with Crippen LogP contribution in [0.5, 0.6) is 5.75 Å². The molecule has 0 saturated carbocycles. The van der Waals surface area contributed by atoms with Gasteiger partial charge in [0.05, 0.1) is 0 Å². The summed E-state index contributed by atoms with van der Waals surface area (Å²) in [5.41, 5.74) is -0.0647. The summed E-state index contributed by atoms with van der Waals surface area (Å²) in [6, 6.07) is 4.32. The predicted molar refractivity (Wildman–Crippen MR) is 107 cm³/mol. The third kappa shape index (κ3) is 7.68. The van der Waals surface area contributed by atoms with E-state index in [0.717, 1.165) is 13.8 Å². The molecule has 1 aromatic carbocycles. The number of amides is 1. The smallest absolute Gasteiger partial charge is 0.303 e. The Balaban J connectivity index is 2.46. The molecule has 0 spiro atoms. The normalized spacial score (nSPS) is 25.3. The fraction of sp³-hybridized carbons (Fsp3) is 0.500. The zero-order valence-electron chi connectivity index (χ0n) is 18.4. The molecule has 0 aliphatic carbocycles. The Labute approximate surface area is 189 Å². The van der Waals surface area contributed by atoms with Crippen molar-refractivity contribution in [2.24, 2.45) is 0 Å². The van der Waals surface area contributed by atoms with E-state index in [-0.39, 0.29) is 18.0 Å².